The Kier molecular flexibility index (Phi) is 6.00. The molecule has 1 aromatic rings. The molecule has 0 aromatic heterocycles. The summed E-state index contributed by atoms with van der Waals surface area (Å²) in [6.45, 7) is 5.06. The summed E-state index contributed by atoms with van der Waals surface area (Å²) in [7, 11) is -2.40. The maximum absolute atomic E-state index is 12.2. The normalized spacial score (nSPS) is 13.0. The second kappa shape index (κ2) is 7.11. The molecule has 21 heavy (non-hydrogen) atoms. The number of carbonyl (C=O) groups excluding carboxylic acids is 1. The van der Waals surface area contributed by atoms with Crippen molar-refractivity contribution in [1.29, 1.82) is 0 Å². The van der Waals surface area contributed by atoms with Crippen LogP contribution in [-0.2, 0) is 14.8 Å². The van der Waals surface area contributed by atoms with Crippen LogP contribution in [0.15, 0.2) is 23.1 Å². The van der Waals surface area contributed by atoms with Crippen LogP contribution in [0.25, 0.3) is 0 Å². The van der Waals surface area contributed by atoms with Crippen molar-refractivity contribution >= 4 is 27.5 Å². The van der Waals surface area contributed by atoms with E-state index in [0.717, 1.165) is 0 Å². The summed E-state index contributed by atoms with van der Waals surface area (Å²) in [5, 5.41) is 2.81. The molecule has 2 N–H and O–H groups in total. The average Bonchev–Trinajstić information content (AvgIpc) is 2.37. The Morgan fingerprint density at radius 3 is 2.38 bits per heavy atom. The topological polar surface area (TPSA) is 84.5 Å². The predicted octanol–water partition coefficient (Wildman–Crippen LogP) is 1.54. The number of rotatable bonds is 6. The molecule has 1 rings (SSSR count). The van der Waals surface area contributed by atoms with Crippen LogP contribution < -0.4 is 14.8 Å². The molecular weight excluding hydrogens is 316 g/mol. The summed E-state index contributed by atoms with van der Waals surface area (Å²) >= 11 is 5.91. The quantitative estimate of drug-likeness (QED) is 0.826. The van der Waals surface area contributed by atoms with E-state index < -0.39 is 22.0 Å². The first-order valence-corrected chi connectivity index (χ1v) is 8.19. The molecule has 1 atom stereocenters. The van der Waals surface area contributed by atoms with Crippen molar-refractivity contribution in [3.63, 3.8) is 0 Å². The van der Waals surface area contributed by atoms with Gasteiger partial charge in [-0.05, 0) is 39.0 Å². The molecule has 118 valence electrons. The first kappa shape index (κ1) is 17.7. The number of halogens is 1. The fraction of sp³-hybridized carbons (Fsp3) is 0.462. The summed E-state index contributed by atoms with van der Waals surface area (Å²) in [6.07, 6.45) is 0. The van der Waals surface area contributed by atoms with Gasteiger partial charge in [0.25, 0.3) is 0 Å². The molecule has 1 amide bonds. The number of nitrogens with one attached hydrogen (secondary N) is 2. The summed E-state index contributed by atoms with van der Waals surface area (Å²) in [6, 6.07) is 3.13. The van der Waals surface area contributed by atoms with E-state index in [1.165, 1.54) is 32.2 Å². The lowest BCUT2D eigenvalue weighted by Gasteiger charge is -2.16. The summed E-state index contributed by atoms with van der Waals surface area (Å²) in [4.78, 5) is 11.7. The van der Waals surface area contributed by atoms with E-state index in [0.29, 0.717) is 5.75 Å². The van der Waals surface area contributed by atoms with Gasteiger partial charge in [0, 0.05) is 6.04 Å². The van der Waals surface area contributed by atoms with Crippen molar-refractivity contribution in [2.24, 2.45) is 0 Å². The van der Waals surface area contributed by atoms with Crippen molar-refractivity contribution in [2.45, 2.75) is 37.8 Å². The fourth-order valence-corrected chi connectivity index (χ4v) is 3.13. The van der Waals surface area contributed by atoms with Crippen molar-refractivity contribution < 1.29 is 17.9 Å². The van der Waals surface area contributed by atoms with Gasteiger partial charge in [0.1, 0.15) is 5.75 Å². The van der Waals surface area contributed by atoms with Crippen LogP contribution in [0.2, 0.25) is 5.02 Å². The molecule has 0 aliphatic rings. The highest BCUT2D eigenvalue weighted by atomic mass is 35.5. The molecule has 0 radical (unpaired) electrons. The summed E-state index contributed by atoms with van der Waals surface area (Å²) in [5.41, 5.74) is 0. The van der Waals surface area contributed by atoms with Crippen LogP contribution in [0.4, 0.5) is 0 Å². The minimum atomic E-state index is -3.84. The molecule has 0 aliphatic carbocycles. The molecule has 0 heterocycles. The third-order valence-corrected chi connectivity index (χ3v) is 4.42. The molecule has 0 bridgehead atoms. The molecule has 0 saturated heterocycles. The van der Waals surface area contributed by atoms with Crippen molar-refractivity contribution in [3.05, 3.63) is 23.2 Å². The van der Waals surface area contributed by atoms with Gasteiger partial charge in [-0.2, -0.15) is 4.72 Å². The summed E-state index contributed by atoms with van der Waals surface area (Å²) in [5.74, 6) is -0.0191. The van der Waals surface area contributed by atoms with Gasteiger partial charge in [-0.15, -0.1) is 0 Å². The highest BCUT2D eigenvalue weighted by Gasteiger charge is 2.23. The number of ether oxygens (including phenoxy) is 1. The van der Waals surface area contributed by atoms with Gasteiger partial charge in [-0.3, -0.25) is 4.79 Å². The van der Waals surface area contributed by atoms with Crippen molar-refractivity contribution in [3.8, 4) is 5.75 Å². The van der Waals surface area contributed by atoms with Gasteiger partial charge in [-0.25, -0.2) is 8.42 Å². The van der Waals surface area contributed by atoms with Crippen LogP contribution >= 0.6 is 11.6 Å². The van der Waals surface area contributed by atoms with Gasteiger partial charge >= 0.3 is 0 Å². The van der Waals surface area contributed by atoms with Crippen molar-refractivity contribution in [1.82, 2.24) is 10.0 Å². The molecule has 1 aromatic carbocycles. The number of sulfonamides is 1. The minimum Gasteiger partial charge on any atom is -0.495 e. The lowest BCUT2D eigenvalue weighted by molar-refractivity contribution is -0.122. The van der Waals surface area contributed by atoms with E-state index in [2.05, 4.69) is 10.0 Å². The van der Waals surface area contributed by atoms with Crippen LogP contribution in [0.3, 0.4) is 0 Å². The first-order chi connectivity index (χ1) is 9.67. The highest BCUT2D eigenvalue weighted by Crippen LogP contribution is 2.26. The first-order valence-electron chi connectivity index (χ1n) is 6.33. The molecule has 8 heteroatoms. The molecule has 0 saturated carbocycles. The second-order valence-corrected chi connectivity index (χ2v) is 6.92. The van der Waals surface area contributed by atoms with Crippen LogP contribution in [0.1, 0.15) is 20.8 Å². The van der Waals surface area contributed by atoms with Crippen molar-refractivity contribution in [2.75, 3.05) is 7.11 Å². The molecule has 0 spiro atoms. The largest absolute Gasteiger partial charge is 0.495 e. The monoisotopic (exact) mass is 334 g/mol. The Labute approximate surface area is 129 Å². The van der Waals surface area contributed by atoms with Gasteiger partial charge < -0.3 is 10.1 Å². The lowest BCUT2D eigenvalue weighted by Crippen LogP contribution is -2.46. The Morgan fingerprint density at radius 2 is 1.90 bits per heavy atom. The van der Waals surface area contributed by atoms with E-state index >= 15 is 0 Å². The molecular formula is C13H19ClN2O4S. The third-order valence-electron chi connectivity index (χ3n) is 2.59. The zero-order valence-electron chi connectivity index (χ0n) is 12.3. The van der Waals surface area contributed by atoms with Gasteiger partial charge in [0.15, 0.2) is 0 Å². The van der Waals surface area contributed by atoms with Crippen LogP contribution in [0.5, 0.6) is 5.75 Å². The molecule has 0 unspecified atom stereocenters. The number of benzene rings is 1. The second-order valence-electron chi connectivity index (χ2n) is 4.80. The van der Waals surface area contributed by atoms with E-state index in [1.807, 2.05) is 0 Å². The standard InChI is InChI=1S/C13H19ClN2O4S/c1-8(2)15-13(17)9(3)16-21(18,19)10-5-6-12(20-4)11(14)7-10/h5-9,16H,1-4H3,(H,15,17)/t9-/m1/s1. The SMILES string of the molecule is COc1ccc(S(=O)(=O)N[C@H](C)C(=O)NC(C)C)cc1Cl. The summed E-state index contributed by atoms with van der Waals surface area (Å²) < 4.78 is 31.7. The van der Waals surface area contributed by atoms with Crippen LogP contribution in [-0.4, -0.2) is 33.5 Å². The molecule has 0 aliphatic heterocycles. The van der Waals surface area contributed by atoms with E-state index in [4.69, 9.17) is 16.3 Å². The highest BCUT2D eigenvalue weighted by molar-refractivity contribution is 7.89. The molecule has 0 fully saturated rings. The van der Waals surface area contributed by atoms with Gasteiger partial charge in [0.05, 0.1) is 23.1 Å². The van der Waals surface area contributed by atoms with Gasteiger partial charge in [0.2, 0.25) is 15.9 Å². The molecule has 6 nitrogen and oxygen atoms in total. The zero-order valence-corrected chi connectivity index (χ0v) is 13.9. The maximum atomic E-state index is 12.2. The Bertz CT molecular complexity index is 617. The zero-order chi connectivity index (χ0) is 16.2. The Balaban J connectivity index is 2.91. The minimum absolute atomic E-state index is 0.0301. The van der Waals surface area contributed by atoms with E-state index in [-0.39, 0.29) is 16.0 Å². The maximum Gasteiger partial charge on any atom is 0.241 e. The fourth-order valence-electron chi connectivity index (χ4n) is 1.58. The Hall–Kier alpha value is -1.31. The van der Waals surface area contributed by atoms with Gasteiger partial charge in [-0.1, -0.05) is 11.6 Å². The average molecular weight is 335 g/mol. The van der Waals surface area contributed by atoms with E-state index in [9.17, 15) is 13.2 Å². The number of amides is 1. The third kappa shape index (κ3) is 4.87. The number of carbonyl (C=O) groups is 1. The predicted molar refractivity (Wildman–Crippen MR) is 81.1 cm³/mol. The smallest absolute Gasteiger partial charge is 0.241 e. The lowest BCUT2D eigenvalue weighted by atomic mass is 10.3. The number of methoxy groups -OCH3 is 1. The number of hydrogen-bond donors (Lipinski definition) is 2. The Morgan fingerprint density at radius 1 is 1.29 bits per heavy atom. The van der Waals surface area contributed by atoms with Crippen LogP contribution in [0, 0.1) is 0 Å². The number of hydrogen-bond acceptors (Lipinski definition) is 4. The van der Waals surface area contributed by atoms with E-state index in [1.54, 1.807) is 13.8 Å².